The zero-order chi connectivity index (χ0) is 14.3. The molecule has 0 saturated carbocycles. The predicted octanol–water partition coefficient (Wildman–Crippen LogP) is 4.35. The number of anilines is 1. The first-order valence-electron chi connectivity index (χ1n) is 6.31. The number of pyridine rings is 1. The Bertz CT molecular complexity index is 773. The van der Waals surface area contributed by atoms with E-state index in [0.717, 1.165) is 36.5 Å². The van der Waals surface area contributed by atoms with Gasteiger partial charge in [-0.15, -0.1) is 11.3 Å². The number of hydrogen-bond acceptors (Lipinski definition) is 5. The Morgan fingerprint density at radius 2 is 1.85 bits per heavy atom. The van der Waals surface area contributed by atoms with Crippen molar-refractivity contribution < 1.29 is 0 Å². The highest BCUT2D eigenvalue weighted by Crippen LogP contribution is 2.35. The highest BCUT2D eigenvalue weighted by Gasteiger charge is 2.09. The molecule has 3 rings (SSSR count). The molecule has 0 saturated heterocycles. The van der Waals surface area contributed by atoms with Crippen LogP contribution < -0.4 is 5.73 Å². The highest BCUT2D eigenvalue weighted by molar-refractivity contribution is 7.99. The van der Waals surface area contributed by atoms with E-state index >= 15 is 0 Å². The maximum Gasteiger partial charge on any atom is 0.101 e. The molecular formula is C15H15N3S2. The molecule has 2 N–H and O–H groups in total. The van der Waals surface area contributed by atoms with Gasteiger partial charge >= 0.3 is 0 Å². The molecule has 0 unspecified atom stereocenters. The zero-order valence-corrected chi connectivity index (χ0v) is 13.2. The summed E-state index contributed by atoms with van der Waals surface area (Å²) in [5, 5.41) is 2.03. The quantitative estimate of drug-likeness (QED) is 0.715. The van der Waals surface area contributed by atoms with Gasteiger partial charge in [-0.2, -0.15) is 0 Å². The Hall–Kier alpha value is -1.59. The number of thiazole rings is 1. The smallest absolute Gasteiger partial charge is 0.101 e. The molecule has 0 aliphatic carbocycles. The lowest BCUT2D eigenvalue weighted by atomic mass is 10.3. The van der Waals surface area contributed by atoms with Crippen LogP contribution in [0.2, 0.25) is 0 Å². The number of benzene rings is 1. The maximum absolute atomic E-state index is 6.15. The van der Waals surface area contributed by atoms with Gasteiger partial charge in [0, 0.05) is 16.3 Å². The third-order valence-corrected chi connectivity index (χ3v) is 4.84. The Kier molecular flexibility index (Phi) is 3.40. The number of hydrogen-bond donors (Lipinski definition) is 1. The molecule has 3 nitrogen and oxygen atoms in total. The molecule has 2 aromatic heterocycles. The van der Waals surface area contributed by atoms with Crippen molar-refractivity contribution in [3.8, 4) is 0 Å². The van der Waals surface area contributed by atoms with Crippen LogP contribution in [-0.2, 0) is 0 Å². The minimum absolute atomic E-state index is 0.784. The number of aromatic nitrogens is 2. The summed E-state index contributed by atoms with van der Waals surface area (Å²) in [6.07, 6.45) is 0. The molecule has 20 heavy (non-hydrogen) atoms. The van der Waals surface area contributed by atoms with Crippen LogP contribution in [0.15, 0.2) is 34.2 Å². The van der Waals surface area contributed by atoms with Gasteiger partial charge in [-0.1, -0.05) is 11.8 Å². The molecule has 1 aromatic carbocycles. The van der Waals surface area contributed by atoms with Crippen molar-refractivity contribution in [2.24, 2.45) is 0 Å². The Morgan fingerprint density at radius 3 is 2.60 bits per heavy atom. The minimum atomic E-state index is 0.784. The lowest BCUT2D eigenvalue weighted by molar-refractivity contribution is 1.05. The molecule has 102 valence electrons. The van der Waals surface area contributed by atoms with Gasteiger partial charge in [0.15, 0.2) is 0 Å². The van der Waals surface area contributed by atoms with Gasteiger partial charge < -0.3 is 5.73 Å². The summed E-state index contributed by atoms with van der Waals surface area (Å²) in [6, 6.07) is 8.21. The molecule has 0 bridgehead atoms. The minimum Gasteiger partial charge on any atom is -0.398 e. The van der Waals surface area contributed by atoms with Crippen molar-refractivity contribution in [1.82, 2.24) is 9.97 Å². The molecule has 3 aromatic rings. The summed E-state index contributed by atoms with van der Waals surface area (Å²) in [7, 11) is 0. The topological polar surface area (TPSA) is 51.8 Å². The first-order chi connectivity index (χ1) is 9.51. The van der Waals surface area contributed by atoms with Gasteiger partial charge in [0.1, 0.15) is 5.03 Å². The first-order valence-corrected chi connectivity index (χ1v) is 7.94. The fourth-order valence-corrected chi connectivity index (χ4v) is 4.01. The van der Waals surface area contributed by atoms with Gasteiger partial charge in [0.05, 0.1) is 15.2 Å². The number of rotatable bonds is 2. The molecule has 0 atom stereocenters. The Labute approximate surface area is 126 Å². The van der Waals surface area contributed by atoms with Gasteiger partial charge in [0.25, 0.3) is 0 Å². The van der Waals surface area contributed by atoms with E-state index in [1.54, 1.807) is 23.1 Å². The maximum atomic E-state index is 6.15. The number of aryl methyl sites for hydroxylation is 3. The van der Waals surface area contributed by atoms with Crippen LogP contribution in [-0.4, -0.2) is 9.97 Å². The average Bonchev–Trinajstić information content (AvgIpc) is 2.67. The van der Waals surface area contributed by atoms with Gasteiger partial charge in [0.2, 0.25) is 0 Å². The van der Waals surface area contributed by atoms with E-state index in [0.29, 0.717) is 0 Å². The average molecular weight is 301 g/mol. The molecule has 0 spiro atoms. The summed E-state index contributed by atoms with van der Waals surface area (Å²) < 4.78 is 1.14. The molecule has 5 heteroatoms. The second-order valence-corrected chi connectivity index (χ2v) is 7.11. The van der Waals surface area contributed by atoms with Crippen molar-refractivity contribution in [2.45, 2.75) is 30.7 Å². The summed E-state index contributed by atoms with van der Waals surface area (Å²) in [5.74, 6) is 0. The predicted molar refractivity (Wildman–Crippen MR) is 86.6 cm³/mol. The van der Waals surface area contributed by atoms with Crippen molar-refractivity contribution in [3.05, 3.63) is 40.5 Å². The lowest BCUT2D eigenvalue weighted by Crippen LogP contribution is -1.91. The van der Waals surface area contributed by atoms with Crippen molar-refractivity contribution in [3.63, 3.8) is 0 Å². The van der Waals surface area contributed by atoms with Crippen molar-refractivity contribution >= 4 is 39.0 Å². The second kappa shape index (κ2) is 5.07. The van der Waals surface area contributed by atoms with Crippen LogP contribution in [0, 0.1) is 20.8 Å². The fourth-order valence-electron chi connectivity index (χ4n) is 2.14. The fraction of sp³-hybridized carbons (Fsp3) is 0.200. The molecule has 0 aliphatic rings. The van der Waals surface area contributed by atoms with E-state index in [2.05, 4.69) is 35.1 Å². The lowest BCUT2D eigenvalue weighted by Gasteiger charge is -2.06. The first kappa shape index (κ1) is 13.4. The number of nitrogens with two attached hydrogens (primary N) is 1. The van der Waals surface area contributed by atoms with Gasteiger partial charge in [-0.05, 0) is 50.6 Å². The van der Waals surface area contributed by atoms with Crippen LogP contribution in [0.1, 0.15) is 16.3 Å². The molecule has 0 amide bonds. The largest absolute Gasteiger partial charge is 0.398 e. The monoisotopic (exact) mass is 301 g/mol. The van der Waals surface area contributed by atoms with E-state index in [9.17, 15) is 0 Å². The number of fused-ring (bicyclic) bond motifs is 1. The summed E-state index contributed by atoms with van der Waals surface area (Å²) in [6.45, 7) is 6.10. The summed E-state index contributed by atoms with van der Waals surface area (Å²) >= 11 is 3.27. The highest BCUT2D eigenvalue weighted by atomic mass is 32.2. The van der Waals surface area contributed by atoms with Gasteiger partial charge in [-0.3, -0.25) is 0 Å². The van der Waals surface area contributed by atoms with Crippen LogP contribution >= 0.6 is 23.1 Å². The molecular weight excluding hydrogens is 286 g/mol. The van der Waals surface area contributed by atoms with Crippen LogP contribution in [0.25, 0.3) is 10.2 Å². The third-order valence-electron chi connectivity index (χ3n) is 2.92. The molecule has 2 heterocycles. The number of nitrogen functional groups attached to an aromatic ring is 1. The van der Waals surface area contributed by atoms with E-state index in [1.165, 1.54) is 5.56 Å². The normalized spacial score (nSPS) is 11.2. The van der Waals surface area contributed by atoms with Gasteiger partial charge in [-0.25, -0.2) is 9.97 Å². The Morgan fingerprint density at radius 1 is 1.05 bits per heavy atom. The second-order valence-electron chi connectivity index (χ2n) is 4.82. The number of nitrogens with zero attached hydrogens (tertiary/aromatic N) is 2. The van der Waals surface area contributed by atoms with Crippen molar-refractivity contribution in [1.29, 1.82) is 0 Å². The standard InChI is InChI=1S/C15H15N3S2/c1-8-4-9(2)17-15(5-8)20-13-7-12-14(6-11(13)16)19-10(3)18-12/h4-7H,16H2,1-3H3. The summed E-state index contributed by atoms with van der Waals surface area (Å²) in [5.41, 5.74) is 10.2. The van der Waals surface area contributed by atoms with E-state index < -0.39 is 0 Å². The van der Waals surface area contributed by atoms with E-state index in [1.807, 2.05) is 19.9 Å². The van der Waals surface area contributed by atoms with Crippen LogP contribution in [0.4, 0.5) is 5.69 Å². The molecule has 0 radical (unpaired) electrons. The SMILES string of the molecule is Cc1cc(C)nc(Sc2cc3nc(C)sc3cc2N)c1. The van der Waals surface area contributed by atoms with Crippen LogP contribution in [0.5, 0.6) is 0 Å². The molecule has 0 fully saturated rings. The third kappa shape index (κ3) is 2.64. The zero-order valence-electron chi connectivity index (χ0n) is 11.6. The van der Waals surface area contributed by atoms with Crippen LogP contribution in [0.3, 0.4) is 0 Å². The molecule has 0 aliphatic heterocycles. The Balaban J connectivity index is 2.03. The van der Waals surface area contributed by atoms with Crippen molar-refractivity contribution in [2.75, 3.05) is 5.73 Å². The summed E-state index contributed by atoms with van der Waals surface area (Å²) in [4.78, 5) is 10.1. The van der Waals surface area contributed by atoms with E-state index in [-0.39, 0.29) is 0 Å². The van der Waals surface area contributed by atoms with E-state index in [4.69, 9.17) is 5.73 Å².